The van der Waals surface area contributed by atoms with Crippen molar-refractivity contribution in [2.75, 3.05) is 13.1 Å². The fourth-order valence-electron chi connectivity index (χ4n) is 4.02. The van der Waals surface area contributed by atoms with Gasteiger partial charge in [0.1, 0.15) is 21.5 Å². The van der Waals surface area contributed by atoms with Crippen LogP contribution < -0.4 is 0 Å². The number of fused-ring (bicyclic) bond motifs is 3. The highest BCUT2D eigenvalue weighted by Gasteiger charge is 2.24. The Balaban J connectivity index is 1.51. The largest absolute Gasteiger partial charge is 0.296 e. The topological polar surface area (TPSA) is 70.6 Å². The average molecular weight is 401 g/mol. The number of thiophene rings is 1. The Kier molecular flexibility index (Phi) is 4.65. The first-order chi connectivity index (χ1) is 13.2. The number of rotatable bonds is 4. The average Bonchev–Trinajstić information content (AvgIpc) is 3.33. The van der Waals surface area contributed by atoms with Crippen LogP contribution in [0, 0.1) is 12.8 Å². The molecule has 1 fully saturated rings. The van der Waals surface area contributed by atoms with E-state index in [9.17, 15) is 0 Å². The molecule has 3 aromatic rings. The van der Waals surface area contributed by atoms with Gasteiger partial charge < -0.3 is 0 Å². The van der Waals surface area contributed by atoms with Crippen LogP contribution >= 0.6 is 23.1 Å². The van der Waals surface area contributed by atoms with Gasteiger partial charge in [0.25, 0.3) is 0 Å². The molecule has 1 aliphatic heterocycles. The van der Waals surface area contributed by atoms with Gasteiger partial charge in [0.05, 0.1) is 6.54 Å². The molecule has 3 aromatic heterocycles. The summed E-state index contributed by atoms with van der Waals surface area (Å²) in [7, 11) is 0. The van der Waals surface area contributed by atoms with Crippen molar-refractivity contribution in [1.82, 2.24) is 30.0 Å². The third-order valence-corrected chi connectivity index (χ3v) is 7.62. The summed E-state index contributed by atoms with van der Waals surface area (Å²) in [4.78, 5) is 19.6. The molecular formula is C19H24N6S2. The predicted octanol–water partition coefficient (Wildman–Crippen LogP) is 3.99. The zero-order chi connectivity index (χ0) is 18.4. The maximum Gasteiger partial charge on any atom is 0.214 e. The lowest BCUT2D eigenvalue weighted by atomic mass is 9.99. The van der Waals surface area contributed by atoms with E-state index in [0.29, 0.717) is 0 Å². The first-order valence-electron chi connectivity index (χ1n) is 9.76. The van der Waals surface area contributed by atoms with Crippen molar-refractivity contribution in [3.05, 3.63) is 22.1 Å². The summed E-state index contributed by atoms with van der Waals surface area (Å²) < 4.78 is 0. The number of aryl methyl sites for hydroxylation is 3. The minimum Gasteiger partial charge on any atom is -0.296 e. The second kappa shape index (κ2) is 7.14. The van der Waals surface area contributed by atoms with E-state index in [1.54, 1.807) is 11.8 Å². The molecular weight excluding hydrogens is 376 g/mol. The molecule has 0 saturated carbocycles. The van der Waals surface area contributed by atoms with Crippen LogP contribution in [0.4, 0.5) is 0 Å². The lowest BCUT2D eigenvalue weighted by Crippen LogP contribution is -2.33. The Morgan fingerprint density at radius 3 is 2.81 bits per heavy atom. The summed E-state index contributed by atoms with van der Waals surface area (Å²) in [5, 5.41) is 10.3. The fraction of sp³-hybridized carbons (Fsp3) is 0.579. The van der Waals surface area contributed by atoms with Gasteiger partial charge >= 0.3 is 0 Å². The standard InChI is InChI=1S/C19H24N6S2/c1-11-6-8-25(9-7-11)10-15-21-17-16(13-4-3-5-14(13)26-17)18(22-15)27-19-20-12(2)23-24-19/h11H,3-10H2,1-2H3,(H,20,23,24). The van der Waals surface area contributed by atoms with Crippen LogP contribution in [0.5, 0.6) is 0 Å². The number of nitrogens with zero attached hydrogens (tertiary/aromatic N) is 5. The molecule has 5 rings (SSSR count). The number of nitrogens with one attached hydrogen (secondary N) is 1. The van der Waals surface area contributed by atoms with Crippen LogP contribution in [-0.2, 0) is 19.4 Å². The number of hydrogen-bond acceptors (Lipinski definition) is 7. The van der Waals surface area contributed by atoms with Gasteiger partial charge in [-0.15, -0.1) is 16.4 Å². The Bertz CT molecular complexity index is 970. The molecule has 0 amide bonds. The number of aromatic amines is 1. The van der Waals surface area contributed by atoms with E-state index in [1.165, 1.54) is 41.5 Å². The molecule has 0 unspecified atom stereocenters. The number of H-pyrrole nitrogens is 1. The summed E-state index contributed by atoms with van der Waals surface area (Å²) in [5.41, 5.74) is 1.46. The number of aromatic nitrogens is 5. The highest BCUT2D eigenvalue weighted by Crippen LogP contribution is 2.41. The van der Waals surface area contributed by atoms with Gasteiger partial charge in [0, 0.05) is 10.3 Å². The molecule has 0 aromatic carbocycles. The predicted molar refractivity (Wildman–Crippen MR) is 108 cm³/mol. The lowest BCUT2D eigenvalue weighted by Gasteiger charge is -2.29. The van der Waals surface area contributed by atoms with Crippen LogP contribution in [0.2, 0.25) is 0 Å². The van der Waals surface area contributed by atoms with E-state index in [0.717, 1.165) is 58.6 Å². The highest BCUT2D eigenvalue weighted by molar-refractivity contribution is 7.99. The summed E-state index contributed by atoms with van der Waals surface area (Å²) in [6.07, 6.45) is 6.11. The monoisotopic (exact) mass is 400 g/mol. The second-order valence-corrected chi connectivity index (χ2v) is 9.79. The Hall–Kier alpha value is -1.51. The van der Waals surface area contributed by atoms with Crippen molar-refractivity contribution in [2.45, 2.75) is 62.7 Å². The van der Waals surface area contributed by atoms with E-state index < -0.39 is 0 Å². The van der Waals surface area contributed by atoms with Crippen molar-refractivity contribution >= 4 is 33.3 Å². The summed E-state index contributed by atoms with van der Waals surface area (Å²) in [5.74, 6) is 2.61. The SMILES string of the molecule is Cc1nc(Sc2nc(CN3CCC(C)CC3)nc3sc4c(c23)CCC4)n[nH]1. The number of likely N-dealkylation sites (tertiary alicyclic amines) is 1. The zero-order valence-electron chi connectivity index (χ0n) is 15.8. The molecule has 1 aliphatic carbocycles. The first-order valence-corrected chi connectivity index (χ1v) is 11.4. The first kappa shape index (κ1) is 17.6. The van der Waals surface area contributed by atoms with Gasteiger partial charge in [0.15, 0.2) is 0 Å². The van der Waals surface area contributed by atoms with Crippen LogP contribution in [-0.4, -0.2) is 43.1 Å². The third kappa shape index (κ3) is 3.50. The minimum atomic E-state index is 0.739. The Labute approximate surface area is 167 Å². The van der Waals surface area contributed by atoms with Crippen molar-refractivity contribution in [3.63, 3.8) is 0 Å². The van der Waals surface area contributed by atoms with Gasteiger partial charge in [-0.1, -0.05) is 6.92 Å². The minimum absolute atomic E-state index is 0.739. The lowest BCUT2D eigenvalue weighted by molar-refractivity contribution is 0.181. The molecule has 0 radical (unpaired) electrons. The van der Waals surface area contributed by atoms with Gasteiger partial charge in [-0.05, 0) is 75.4 Å². The Morgan fingerprint density at radius 2 is 2.04 bits per heavy atom. The molecule has 0 spiro atoms. The van der Waals surface area contributed by atoms with E-state index in [2.05, 4.69) is 27.0 Å². The van der Waals surface area contributed by atoms with E-state index in [4.69, 9.17) is 9.97 Å². The normalized spacial score (nSPS) is 18.4. The molecule has 27 heavy (non-hydrogen) atoms. The van der Waals surface area contributed by atoms with Crippen LogP contribution in [0.15, 0.2) is 10.2 Å². The number of hydrogen-bond donors (Lipinski definition) is 1. The zero-order valence-corrected chi connectivity index (χ0v) is 17.4. The van der Waals surface area contributed by atoms with Crippen molar-refractivity contribution in [1.29, 1.82) is 0 Å². The molecule has 1 N–H and O–H groups in total. The smallest absolute Gasteiger partial charge is 0.214 e. The second-order valence-electron chi connectivity index (χ2n) is 7.75. The molecule has 0 bridgehead atoms. The van der Waals surface area contributed by atoms with Crippen LogP contribution in [0.25, 0.3) is 10.2 Å². The summed E-state index contributed by atoms with van der Waals surface area (Å²) in [6.45, 7) is 7.41. The molecule has 2 aliphatic rings. The van der Waals surface area contributed by atoms with E-state index in [1.807, 2.05) is 18.3 Å². The van der Waals surface area contributed by atoms with Gasteiger partial charge in [-0.2, -0.15) is 0 Å². The van der Waals surface area contributed by atoms with Crippen molar-refractivity contribution < 1.29 is 0 Å². The highest BCUT2D eigenvalue weighted by atomic mass is 32.2. The van der Waals surface area contributed by atoms with E-state index >= 15 is 0 Å². The van der Waals surface area contributed by atoms with Crippen molar-refractivity contribution in [3.8, 4) is 0 Å². The van der Waals surface area contributed by atoms with Crippen molar-refractivity contribution in [2.24, 2.45) is 5.92 Å². The van der Waals surface area contributed by atoms with Gasteiger partial charge in [-0.3, -0.25) is 10.00 Å². The molecule has 4 heterocycles. The third-order valence-electron chi connectivity index (χ3n) is 5.58. The molecule has 142 valence electrons. The molecule has 0 atom stereocenters. The van der Waals surface area contributed by atoms with Crippen LogP contribution in [0.1, 0.15) is 48.3 Å². The molecule has 8 heteroatoms. The Morgan fingerprint density at radius 1 is 1.19 bits per heavy atom. The fourth-order valence-corrected chi connectivity index (χ4v) is 6.29. The van der Waals surface area contributed by atoms with Gasteiger partial charge in [0.2, 0.25) is 5.16 Å². The number of piperidine rings is 1. The maximum atomic E-state index is 4.99. The van der Waals surface area contributed by atoms with E-state index in [-0.39, 0.29) is 0 Å². The quantitative estimate of drug-likeness (QED) is 0.668. The molecule has 6 nitrogen and oxygen atoms in total. The molecule has 1 saturated heterocycles. The van der Waals surface area contributed by atoms with Crippen LogP contribution in [0.3, 0.4) is 0 Å². The summed E-state index contributed by atoms with van der Waals surface area (Å²) in [6, 6.07) is 0. The van der Waals surface area contributed by atoms with Gasteiger partial charge in [-0.25, -0.2) is 15.0 Å². The summed E-state index contributed by atoms with van der Waals surface area (Å²) >= 11 is 3.43. The maximum absolute atomic E-state index is 4.99.